The van der Waals surface area contributed by atoms with E-state index in [0.717, 1.165) is 38.3 Å². The van der Waals surface area contributed by atoms with E-state index in [1.54, 1.807) is 0 Å². The summed E-state index contributed by atoms with van der Waals surface area (Å²) in [4.78, 5) is 6.84. The molecule has 3 heterocycles. The Kier molecular flexibility index (Phi) is 2.71. The zero-order chi connectivity index (χ0) is 11.9. The first-order chi connectivity index (χ1) is 8.23. The lowest BCUT2D eigenvalue weighted by molar-refractivity contribution is 0.0117. The maximum atomic E-state index is 10.9. The van der Waals surface area contributed by atoms with Crippen LogP contribution in [-0.4, -0.2) is 44.3 Å². The molecule has 17 heavy (non-hydrogen) atoms. The van der Waals surface area contributed by atoms with E-state index in [0.29, 0.717) is 12.5 Å². The second-order valence-corrected chi connectivity index (χ2v) is 5.35. The first kappa shape index (κ1) is 11.2. The standard InChI is InChI=1S/C13H21N3O/c1-2-15-9-6-14-12(15)10-13(17)5-8-16-7-3-4-11(13)16/h6,9,11,17H,2-5,7-8,10H2,1H3. The Balaban J connectivity index is 1.80. The van der Waals surface area contributed by atoms with E-state index in [1.165, 1.54) is 6.42 Å². The minimum atomic E-state index is -0.547. The molecular weight excluding hydrogens is 214 g/mol. The summed E-state index contributed by atoms with van der Waals surface area (Å²) in [5.41, 5.74) is -0.547. The number of aryl methyl sites for hydroxylation is 1. The van der Waals surface area contributed by atoms with Gasteiger partial charge in [-0.05, 0) is 32.7 Å². The van der Waals surface area contributed by atoms with Crippen molar-refractivity contribution in [2.75, 3.05) is 13.1 Å². The lowest BCUT2D eigenvalue weighted by atomic mass is 9.89. The Hall–Kier alpha value is -0.870. The van der Waals surface area contributed by atoms with E-state index in [9.17, 15) is 5.11 Å². The quantitative estimate of drug-likeness (QED) is 0.851. The number of nitrogens with zero attached hydrogens (tertiary/aromatic N) is 3. The largest absolute Gasteiger partial charge is 0.388 e. The van der Waals surface area contributed by atoms with Crippen LogP contribution in [0.15, 0.2) is 12.4 Å². The molecule has 4 heteroatoms. The zero-order valence-electron chi connectivity index (χ0n) is 10.5. The van der Waals surface area contributed by atoms with Crippen molar-refractivity contribution < 1.29 is 5.11 Å². The highest BCUT2D eigenvalue weighted by atomic mass is 16.3. The van der Waals surface area contributed by atoms with E-state index in [4.69, 9.17) is 0 Å². The summed E-state index contributed by atoms with van der Waals surface area (Å²) in [6.45, 7) is 5.26. The van der Waals surface area contributed by atoms with Crippen LogP contribution in [0.5, 0.6) is 0 Å². The molecule has 0 bridgehead atoms. The third-order valence-corrected chi connectivity index (χ3v) is 4.42. The van der Waals surface area contributed by atoms with Crippen molar-refractivity contribution in [3.63, 3.8) is 0 Å². The van der Waals surface area contributed by atoms with Crippen LogP contribution in [0, 0.1) is 0 Å². The predicted molar refractivity (Wildman–Crippen MR) is 65.8 cm³/mol. The zero-order valence-corrected chi connectivity index (χ0v) is 10.5. The van der Waals surface area contributed by atoms with Crippen molar-refractivity contribution in [2.45, 2.75) is 50.8 Å². The van der Waals surface area contributed by atoms with Crippen LogP contribution in [0.4, 0.5) is 0 Å². The van der Waals surface area contributed by atoms with Crippen molar-refractivity contribution >= 4 is 0 Å². The molecule has 0 spiro atoms. The van der Waals surface area contributed by atoms with Gasteiger partial charge in [-0.1, -0.05) is 0 Å². The average molecular weight is 235 g/mol. The Morgan fingerprint density at radius 1 is 1.53 bits per heavy atom. The fourth-order valence-electron chi connectivity index (χ4n) is 3.48. The van der Waals surface area contributed by atoms with Gasteiger partial charge in [-0.25, -0.2) is 4.98 Å². The number of hydrogen-bond donors (Lipinski definition) is 1. The fourth-order valence-corrected chi connectivity index (χ4v) is 3.48. The Labute approximate surface area is 102 Å². The molecule has 1 N–H and O–H groups in total. The summed E-state index contributed by atoms with van der Waals surface area (Å²) < 4.78 is 2.13. The number of hydrogen-bond acceptors (Lipinski definition) is 3. The summed E-state index contributed by atoms with van der Waals surface area (Å²) in [5, 5.41) is 10.9. The van der Waals surface area contributed by atoms with Crippen LogP contribution in [-0.2, 0) is 13.0 Å². The molecule has 2 aliphatic heterocycles. The van der Waals surface area contributed by atoms with Crippen molar-refractivity contribution in [3.8, 4) is 0 Å². The topological polar surface area (TPSA) is 41.3 Å². The monoisotopic (exact) mass is 235 g/mol. The second-order valence-electron chi connectivity index (χ2n) is 5.35. The van der Waals surface area contributed by atoms with Gasteiger partial charge in [0.25, 0.3) is 0 Å². The minimum Gasteiger partial charge on any atom is -0.388 e. The molecule has 1 aromatic heterocycles. The molecule has 0 saturated carbocycles. The molecular formula is C13H21N3O. The van der Waals surface area contributed by atoms with Crippen LogP contribution >= 0.6 is 0 Å². The van der Waals surface area contributed by atoms with Gasteiger partial charge in [0.1, 0.15) is 5.82 Å². The predicted octanol–water partition coefficient (Wildman–Crippen LogP) is 1.04. The van der Waals surface area contributed by atoms with Crippen LogP contribution in [0.3, 0.4) is 0 Å². The Morgan fingerprint density at radius 3 is 3.24 bits per heavy atom. The molecule has 4 nitrogen and oxygen atoms in total. The molecule has 2 saturated heterocycles. The molecule has 2 unspecified atom stereocenters. The van der Waals surface area contributed by atoms with Crippen molar-refractivity contribution in [1.82, 2.24) is 14.5 Å². The van der Waals surface area contributed by atoms with Crippen molar-refractivity contribution in [3.05, 3.63) is 18.2 Å². The third-order valence-electron chi connectivity index (χ3n) is 4.42. The number of imidazole rings is 1. The van der Waals surface area contributed by atoms with Gasteiger partial charge in [0.05, 0.1) is 5.60 Å². The maximum Gasteiger partial charge on any atom is 0.111 e. The van der Waals surface area contributed by atoms with Gasteiger partial charge in [0.15, 0.2) is 0 Å². The smallest absolute Gasteiger partial charge is 0.111 e. The molecule has 2 aliphatic rings. The molecule has 94 valence electrons. The number of aromatic nitrogens is 2. The maximum absolute atomic E-state index is 10.9. The SMILES string of the molecule is CCn1ccnc1CC1(O)CCN2CCCC21. The first-order valence-electron chi connectivity index (χ1n) is 6.69. The van der Waals surface area contributed by atoms with Gasteiger partial charge >= 0.3 is 0 Å². The van der Waals surface area contributed by atoms with E-state index < -0.39 is 5.60 Å². The van der Waals surface area contributed by atoms with Gasteiger partial charge in [0, 0.05) is 37.9 Å². The van der Waals surface area contributed by atoms with Crippen LogP contribution < -0.4 is 0 Å². The molecule has 2 atom stereocenters. The molecule has 1 aromatic rings. The minimum absolute atomic E-state index is 0.365. The summed E-state index contributed by atoms with van der Waals surface area (Å²) >= 11 is 0. The molecule has 0 aromatic carbocycles. The molecule has 3 rings (SSSR count). The first-order valence-corrected chi connectivity index (χ1v) is 6.69. The highest BCUT2D eigenvalue weighted by Crippen LogP contribution is 2.37. The van der Waals surface area contributed by atoms with Crippen LogP contribution in [0.25, 0.3) is 0 Å². The molecule has 0 radical (unpaired) electrons. The van der Waals surface area contributed by atoms with Crippen LogP contribution in [0.2, 0.25) is 0 Å². The fraction of sp³-hybridized carbons (Fsp3) is 0.769. The third kappa shape index (κ3) is 1.79. The van der Waals surface area contributed by atoms with Gasteiger partial charge < -0.3 is 9.67 Å². The Morgan fingerprint density at radius 2 is 2.41 bits per heavy atom. The number of fused-ring (bicyclic) bond motifs is 1. The normalized spacial score (nSPS) is 33.2. The van der Waals surface area contributed by atoms with E-state index >= 15 is 0 Å². The van der Waals surface area contributed by atoms with Crippen molar-refractivity contribution in [2.24, 2.45) is 0 Å². The summed E-state index contributed by atoms with van der Waals surface area (Å²) in [5.74, 6) is 1.03. The van der Waals surface area contributed by atoms with E-state index in [-0.39, 0.29) is 0 Å². The number of rotatable bonds is 3. The Bertz CT molecular complexity index is 403. The van der Waals surface area contributed by atoms with E-state index in [2.05, 4.69) is 21.4 Å². The van der Waals surface area contributed by atoms with E-state index in [1.807, 2.05) is 12.4 Å². The lowest BCUT2D eigenvalue weighted by Gasteiger charge is -2.29. The number of aliphatic hydroxyl groups is 1. The van der Waals surface area contributed by atoms with Gasteiger partial charge in [-0.15, -0.1) is 0 Å². The lowest BCUT2D eigenvalue weighted by Crippen LogP contribution is -2.43. The summed E-state index contributed by atoms with van der Waals surface area (Å²) in [6, 6.07) is 0.365. The average Bonchev–Trinajstić information content (AvgIpc) is 2.98. The second kappa shape index (κ2) is 4.10. The molecule has 2 fully saturated rings. The summed E-state index contributed by atoms with van der Waals surface area (Å²) in [6.07, 6.45) is 7.81. The highest BCUT2D eigenvalue weighted by Gasteiger charge is 2.48. The van der Waals surface area contributed by atoms with Crippen molar-refractivity contribution in [1.29, 1.82) is 0 Å². The van der Waals surface area contributed by atoms with Gasteiger partial charge in [0.2, 0.25) is 0 Å². The molecule has 0 amide bonds. The molecule has 0 aliphatic carbocycles. The highest BCUT2D eigenvalue weighted by molar-refractivity contribution is 5.08. The van der Waals surface area contributed by atoms with Gasteiger partial charge in [-0.2, -0.15) is 0 Å². The summed E-state index contributed by atoms with van der Waals surface area (Å²) in [7, 11) is 0. The van der Waals surface area contributed by atoms with Gasteiger partial charge in [-0.3, -0.25) is 4.90 Å². The van der Waals surface area contributed by atoms with Crippen LogP contribution in [0.1, 0.15) is 32.0 Å².